The summed E-state index contributed by atoms with van der Waals surface area (Å²) in [4.78, 5) is 26.6. The zero-order valence-corrected chi connectivity index (χ0v) is 17.5. The van der Waals surface area contributed by atoms with Crippen molar-refractivity contribution < 1.29 is 15.0 Å². The van der Waals surface area contributed by atoms with Crippen molar-refractivity contribution >= 4 is 23.1 Å². The largest absolute Gasteiger partial charge is 0.481 e. The third-order valence-corrected chi connectivity index (χ3v) is 6.42. The van der Waals surface area contributed by atoms with E-state index in [1.54, 1.807) is 12.1 Å². The van der Waals surface area contributed by atoms with Crippen LogP contribution < -0.4 is 5.56 Å². The van der Waals surface area contributed by atoms with Crippen LogP contribution in [0.4, 0.5) is 0 Å². The number of H-pyrrole nitrogens is 1. The summed E-state index contributed by atoms with van der Waals surface area (Å²) in [6, 6.07) is 9.15. The van der Waals surface area contributed by atoms with Crippen LogP contribution in [-0.2, 0) is 4.79 Å². The molecule has 3 N–H and O–H groups in total. The van der Waals surface area contributed by atoms with Crippen LogP contribution in [0.1, 0.15) is 79.4 Å². The summed E-state index contributed by atoms with van der Waals surface area (Å²) in [6.45, 7) is 0. The highest BCUT2D eigenvalue weighted by Crippen LogP contribution is 2.39. The number of benzene rings is 1. The van der Waals surface area contributed by atoms with Gasteiger partial charge in [0.1, 0.15) is 0 Å². The monoisotopic (exact) mass is 427 g/mol. The number of rotatable bonds is 7. The van der Waals surface area contributed by atoms with Gasteiger partial charge in [0.25, 0.3) is 5.56 Å². The van der Waals surface area contributed by atoms with Crippen molar-refractivity contribution in [2.45, 2.75) is 57.0 Å². The van der Waals surface area contributed by atoms with Crippen molar-refractivity contribution in [3.05, 3.63) is 74.2 Å². The number of pyridine rings is 1. The summed E-state index contributed by atoms with van der Waals surface area (Å²) in [5.74, 6) is -0.255. The Labute approximate surface area is 180 Å². The van der Waals surface area contributed by atoms with Gasteiger partial charge in [-0.2, -0.15) is 0 Å². The van der Waals surface area contributed by atoms with E-state index in [0.717, 1.165) is 48.1 Å². The van der Waals surface area contributed by atoms with Crippen molar-refractivity contribution in [1.29, 1.82) is 0 Å². The van der Waals surface area contributed by atoms with Crippen molar-refractivity contribution in [3.8, 4) is 0 Å². The average molecular weight is 428 g/mol. The van der Waals surface area contributed by atoms with E-state index in [1.165, 1.54) is 12.8 Å². The molecule has 2 saturated carbocycles. The van der Waals surface area contributed by atoms with Gasteiger partial charge in [-0.3, -0.25) is 9.59 Å². The molecule has 0 aliphatic heterocycles. The second kappa shape index (κ2) is 8.78. The fraction of sp³-hybridized carbons (Fsp3) is 0.417. The van der Waals surface area contributed by atoms with Crippen molar-refractivity contribution in [2.24, 2.45) is 5.92 Å². The molecule has 1 aromatic heterocycles. The predicted octanol–water partition coefficient (Wildman–Crippen LogP) is 5.04. The van der Waals surface area contributed by atoms with E-state index in [1.807, 2.05) is 18.2 Å². The topological polar surface area (TPSA) is 90.4 Å². The van der Waals surface area contributed by atoms with Crippen LogP contribution in [0.2, 0.25) is 5.02 Å². The Bertz CT molecular complexity index is 1030. The number of nitrogens with one attached hydrogen (secondary N) is 1. The molecule has 1 heterocycles. The number of aliphatic hydroxyl groups is 1. The molecule has 30 heavy (non-hydrogen) atoms. The highest BCUT2D eigenvalue weighted by atomic mass is 35.5. The second-order valence-electron chi connectivity index (χ2n) is 8.41. The number of aromatic amines is 1. The SMILES string of the molecule is O=C(O)C[C@@H](O)c1ccc(/C(=C\C2CCCC2)c2ccc(C3CC3)c(=O)[nH]2)cc1Cl. The van der Waals surface area contributed by atoms with Crippen LogP contribution in [0.5, 0.6) is 0 Å². The van der Waals surface area contributed by atoms with E-state index in [4.69, 9.17) is 16.7 Å². The first-order valence-electron chi connectivity index (χ1n) is 10.6. The van der Waals surface area contributed by atoms with Crippen LogP contribution in [-0.4, -0.2) is 21.2 Å². The lowest BCUT2D eigenvalue weighted by molar-refractivity contribution is -0.139. The maximum Gasteiger partial charge on any atom is 0.306 e. The standard InChI is InChI=1S/C24H26ClNO4/c25-20-12-16(7-8-18(20)22(27)13-23(28)29)19(11-14-3-1-2-4-14)21-10-9-17(15-5-6-15)24(30)26-21/h7-12,14-15,22,27H,1-6,13H2,(H,26,30)(H,28,29)/b19-11+/t22-/m1/s1. The van der Waals surface area contributed by atoms with Gasteiger partial charge in [0, 0.05) is 21.9 Å². The molecule has 6 heteroatoms. The molecule has 2 aromatic rings. The number of aliphatic hydroxyl groups excluding tert-OH is 1. The van der Waals surface area contributed by atoms with Gasteiger partial charge in [-0.25, -0.2) is 0 Å². The molecule has 0 spiro atoms. The second-order valence-corrected chi connectivity index (χ2v) is 8.81. The van der Waals surface area contributed by atoms with Crippen molar-refractivity contribution in [2.75, 3.05) is 0 Å². The number of hydrogen-bond acceptors (Lipinski definition) is 3. The van der Waals surface area contributed by atoms with E-state index in [0.29, 0.717) is 22.4 Å². The van der Waals surface area contributed by atoms with Crippen LogP contribution >= 0.6 is 11.6 Å². The minimum absolute atomic E-state index is 0.0353. The number of halogens is 1. The fourth-order valence-electron chi connectivity index (χ4n) is 4.30. The Morgan fingerprint density at radius 1 is 1.17 bits per heavy atom. The first kappa shape index (κ1) is 20.9. The summed E-state index contributed by atoms with van der Waals surface area (Å²) in [5, 5.41) is 19.4. The molecule has 0 radical (unpaired) electrons. The number of aromatic nitrogens is 1. The lowest BCUT2D eigenvalue weighted by Gasteiger charge is -2.16. The van der Waals surface area contributed by atoms with Gasteiger partial charge in [-0.15, -0.1) is 0 Å². The molecule has 2 fully saturated rings. The number of hydrogen-bond donors (Lipinski definition) is 3. The summed E-state index contributed by atoms with van der Waals surface area (Å²) in [6.07, 6.45) is 7.44. The van der Waals surface area contributed by atoms with Crippen LogP contribution in [0.25, 0.3) is 5.57 Å². The molecule has 1 atom stereocenters. The van der Waals surface area contributed by atoms with Crippen molar-refractivity contribution in [1.82, 2.24) is 4.98 Å². The molecule has 2 aliphatic carbocycles. The van der Waals surface area contributed by atoms with E-state index in [-0.39, 0.29) is 5.56 Å². The quantitative estimate of drug-likeness (QED) is 0.577. The van der Waals surface area contributed by atoms with Gasteiger partial charge in [0.05, 0.1) is 12.5 Å². The molecule has 0 unspecified atom stereocenters. The lowest BCUT2D eigenvalue weighted by Crippen LogP contribution is -2.14. The Morgan fingerprint density at radius 3 is 2.50 bits per heavy atom. The third-order valence-electron chi connectivity index (χ3n) is 6.09. The van der Waals surface area contributed by atoms with Gasteiger partial charge in [-0.1, -0.05) is 48.7 Å². The van der Waals surface area contributed by atoms with Gasteiger partial charge >= 0.3 is 5.97 Å². The highest BCUT2D eigenvalue weighted by molar-refractivity contribution is 6.31. The number of carbonyl (C=O) groups is 1. The first-order valence-corrected chi connectivity index (χ1v) is 10.9. The molecule has 4 rings (SSSR count). The highest BCUT2D eigenvalue weighted by Gasteiger charge is 2.26. The van der Waals surface area contributed by atoms with E-state index < -0.39 is 18.5 Å². The minimum Gasteiger partial charge on any atom is -0.481 e. The Morgan fingerprint density at radius 2 is 1.90 bits per heavy atom. The number of carboxylic acid groups (broad SMARTS) is 1. The van der Waals surface area contributed by atoms with E-state index in [9.17, 15) is 14.7 Å². The first-order chi connectivity index (χ1) is 14.4. The van der Waals surface area contributed by atoms with Crippen LogP contribution in [0.3, 0.4) is 0 Å². The number of carboxylic acids is 1. The minimum atomic E-state index is -1.16. The summed E-state index contributed by atoms with van der Waals surface area (Å²) in [7, 11) is 0. The molecule has 0 bridgehead atoms. The Kier molecular flexibility index (Phi) is 6.11. The number of allylic oxidation sites excluding steroid dienone is 1. The molecule has 5 nitrogen and oxygen atoms in total. The zero-order chi connectivity index (χ0) is 21.3. The molecule has 2 aliphatic rings. The van der Waals surface area contributed by atoms with E-state index in [2.05, 4.69) is 11.1 Å². The Balaban J connectivity index is 1.71. The van der Waals surface area contributed by atoms with Crippen LogP contribution in [0, 0.1) is 5.92 Å². The third kappa shape index (κ3) is 4.68. The summed E-state index contributed by atoms with van der Waals surface area (Å²) < 4.78 is 0. The molecular weight excluding hydrogens is 402 g/mol. The molecule has 1 aromatic carbocycles. The normalized spacial score (nSPS) is 18.5. The predicted molar refractivity (Wildman–Crippen MR) is 117 cm³/mol. The summed E-state index contributed by atoms with van der Waals surface area (Å²) >= 11 is 6.41. The maximum atomic E-state index is 12.6. The van der Waals surface area contributed by atoms with E-state index >= 15 is 0 Å². The smallest absolute Gasteiger partial charge is 0.306 e. The lowest BCUT2D eigenvalue weighted by atomic mass is 9.94. The molecule has 0 saturated heterocycles. The number of aliphatic carboxylic acids is 1. The maximum absolute atomic E-state index is 12.6. The zero-order valence-electron chi connectivity index (χ0n) is 16.7. The van der Waals surface area contributed by atoms with Gasteiger partial charge in [-0.05, 0) is 60.8 Å². The fourth-order valence-corrected chi connectivity index (χ4v) is 4.61. The van der Waals surface area contributed by atoms with Gasteiger partial charge < -0.3 is 15.2 Å². The molecular formula is C24H26ClNO4. The molecule has 0 amide bonds. The van der Waals surface area contributed by atoms with Gasteiger partial charge in [0.2, 0.25) is 0 Å². The van der Waals surface area contributed by atoms with Crippen LogP contribution in [0.15, 0.2) is 41.2 Å². The summed E-state index contributed by atoms with van der Waals surface area (Å²) in [5.41, 5.74) is 3.72. The van der Waals surface area contributed by atoms with Gasteiger partial charge in [0.15, 0.2) is 0 Å². The molecule has 158 valence electrons. The average Bonchev–Trinajstić information content (AvgIpc) is 3.40. The van der Waals surface area contributed by atoms with Crippen molar-refractivity contribution in [3.63, 3.8) is 0 Å². The Hall–Kier alpha value is -2.37.